The first-order valence-electron chi connectivity index (χ1n) is 7.78. The topological polar surface area (TPSA) is 75.5 Å². The molecular formula is C16H24ClN3O3. The first kappa shape index (κ1) is 19.4. The van der Waals surface area contributed by atoms with Gasteiger partial charge in [-0.3, -0.25) is 14.9 Å². The van der Waals surface area contributed by atoms with Gasteiger partial charge in [0.25, 0.3) is 11.6 Å². The first-order chi connectivity index (χ1) is 10.5. The fourth-order valence-corrected chi connectivity index (χ4v) is 2.93. The summed E-state index contributed by atoms with van der Waals surface area (Å²) in [5.41, 5.74) is 0.662. The monoisotopic (exact) mass is 341 g/mol. The average molecular weight is 342 g/mol. The van der Waals surface area contributed by atoms with E-state index in [1.165, 1.54) is 0 Å². The Morgan fingerprint density at radius 2 is 2.04 bits per heavy atom. The maximum Gasteiger partial charge on any atom is 0.285 e. The van der Waals surface area contributed by atoms with E-state index in [-0.39, 0.29) is 29.6 Å². The van der Waals surface area contributed by atoms with Crippen molar-refractivity contribution in [2.45, 2.75) is 26.7 Å². The van der Waals surface area contributed by atoms with Gasteiger partial charge in [0.1, 0.15) is 5.56 Å². The fraction of sp³-hybridized carbons (Fsp3) is 0.562. The zero-order chi connectivity index (χ0) is 16.1. The number of nitro benzene ring substituents is 1. The first-order valence-corrected chi connectivity index (χ1v) is 7.78. The Balaban J connectivity index is 0.00000264. The van der Waals surface area contributed by atoms with Crippen molar-refractivity contribution in [2.24, 2.45) is 5.92 Å². The van der Waals surface area contributed by atoms with E-state index in [1.807, 2.05) is 0 Å². The Morgan fingerprint density at radius 3 is 2.61 bits per heavy atom. The molecule has 0 bridgehead atoms. The van der Waals surface area contributed by atoms with Gasteiger partial charge in [-0.2, -0.15) is 0 Å². The van der Waals surface area contributed by atoms with Crippen LogP contribution in [0.1, 0.15) is 35.7 Å². The van der Waals surface area contributed by atoms with E-state index in [4.69, 9.17) is 0 Å². The van der Waals surface area contributed by atoms with Gasteiger partial charge in [0.05, 0.1) is 4.92 Å². The molecule has 1 amide bonds. The maximum absolute atomic E-state index is 12.6. The molecule has 7 heteroatoms. The third kappa shape index (κ3) is 4.65. The molecule has 0 spiro atoms. The number of hydrogen-bond donors (Lipinski definition) is 1. The molecule has 0 aromatic heterocycles. The minimum absolute atomic E-state index is 0. The zero-order valence-electron chi connectivity index (χ0n) is 13.6. The lowest BCUT2D eigenvalue weighted by molar-refractivity contribution is -0.385. The van der Waals surface area contributed by atoms with Crippen LogP contribution in [0.3, 0.4) is 0 Å². The lowest BCUT2D eigenvalue weighted by Gasteiger charge is -2.32. The van der Waals surface area contributed by atoms with Crippen LogP contribution in [-0.2, 0) is 0 Å². The van der Waals surface area contributed by atoms with Crippen LogP contribution in [0, 0.1) is 23.0 Å². The number of carbonyl (C=O) groups excluding carboxylic acids is 1. The van der Waals surface area contributed by atoms with Crippen molar-refractivity contribution in [3.8, 4) is 0 Å². The summed E-state index contributed by atoms with van der Waals surface area (Å²) in [4.78, 5) is 25.1. The molecule has 0 saturated carbocycles. The van der Waals surface area contributed by atoms with Crippen LogP contribution in [0.4, 0.5) is 5.69 Å². The molecule has 128 valence electrons. The van der Waals surface area contributed by atoms with Crippen molar-refractivity contribution in [3.05, 3.63) is 39.4 Å². The number of carbonyl (C=O) groups is 1. The number of nitro groups is 1. The van der Waals surface area contributed by atoms with Gasteiger partial charge < -0.3 is 10.2 Å². The molecular weight excluding hydrogens is 318 g/mol. The summed E-state index contributed by atoms with van der Waals surface area (Å²) in [6, 6.07) is 4.92. The highest BCUT2D eigenvalue weighted by Gasteiger charge is 2.29. The number of nitrogens with zero attached hydrogens (tertiary/aromatic N) is 2. The van der Waals surface area contributed by atoms with Crippen molar-refractivity contribution in [3.63, 3.8) is 0 Å². The number of halogens is 1. The third-order valence-electron chi connectivity index (χ3n) is 4.24. The van der Waals surface area contributed by atoms with E-state index in [9.17, 15) is 14.9 Å². The largest absolute Gasteiger partial charge is 0.338 e. The number of para-hydroxylation sites is 1. The Labute approximate surface area is 142 Å². The van der Waals surface area contributed by atoms with E-state index in [2.05, 4.69) is 12.2 Å². The highest BCUT2D eigenvalue weighted by Crippen LogP contribution is 2.26. The minimum Gasteiger partial charge on any atom is -0.338 e. The van der Waals surface area contributed by atoms with Crippen LogP contribution in [0.2, 0.25) is 0 Å². The minimum atomic E-state index is -0.458. The molecule has 0 aliphatic carbocycles. The molecule has 1 saturated heterocycles. The zero-order valence-corrected chi connectivity index (χ0v) is 14.4. The number of piperidine rings is 1. The summed E-state index contributed by atoms with van der Waals surface area (Å²) < 4.78 is 0. The lowest BCUT2D eigenvalue weighted by Crippen LogP contribution is -2.41. The van der Waals surface area contributed by atoms with Crippen LogP contribution in [0.15, 0.2) is 18.2 Å². The summed E-state index contributed by atoms with van der Waals surface area (Å²) in [5.74, 6) is 0.355. The van der Waals surface area contributed by atoms with Gasteiger partial charge in [0.15, 0.2) is 0 Å². The van der Waals surface area contributed by atoms with Crippen molar-refractivity contribution >= 4 is 24.0 Å². The maximum atomic E-state index is 12.6. The standard InChI is InChI=1S/C16H23N3O3.ClH/c1-3-17-11-13-7-9-18(10-8-13)16(20)14-6-4-5-12(2)15(14)19(21)22;/h4-6,13,17H,3,7-11H2,1-2H3;1H. The molecule has 23 heavy (non-hydrogen) atoms. The fourth-order valence-electron chi connectivity index (χ4n) is 2.93. The number of aryl methyl sites for hydroxylation is 1. The Bertz CT molecular complexity index is 558. The van der Waals surface area contributed by atoms with Crippen LogP contribution < -0.4 is 5.32 Å². The number of hydrogen-bond acceptors (Lipinski definition) is 4. The molecule has 6 nitrogen and oxygen atoms in total. The molecule has 2 rings (SSSR count). The molecule has 1 aromatic carbocycles. The van der Waals surface area contributed by atoms with Gasteiger partial charge in [-0.15, -0.1) is 12.4 Å². The van der Waals surface area contributed by atoms with Gasteiger partial charge in [-0.1, -0.05) is 19.1 Å². The summed E-state index contributed by atoms with van der Waals surface area (Å²) >= 11 is 0. The predicted octanol–water partition coefficient (Wildman–Crippen LogP) is 2.79. The SMILES string of the molecule is CCNCC1CCN(C(=O)c2cccc(C)c2[N+](=O)[O-])CC1.Cl. The van der Waals surface area contributed by atoms with E-state index >= 15 is 0 Å². The summed E-state index contributed by atoms with van der Waals surface area (Å²) in [6.07, 6.45) is 1.89. The Kier molecular flexibility index (Phi) is 7.45. The number of benzene rings is 1. The van der Waals surface area contributed by atoms with Gasteiger partial charge in [0, 0.05) is 18.7 Å². The number of nitrogens with one attached hydrogen (secondary N) is 1. The van der Waals surface area contributed by atoms with Gasteiger partial charge in [-0.25, -0.2) is 0 Å². The molecule has 0 atom stereocenters. The Morgan fingerprint density at radius 1 is 1.39 bits per heavy atom. The lowest BCUT2D eigenvalue weighted by atomic mass is 9.96. The van der Waals surface area contributed by atoms with Gasteiger partial charge in [0.2, 0.25) is 0 Å². The highest BCUT2D eigenvalue weighted by atomic mass is 35.5. The van der Waals surface area contributed by atoms with Gasteiger partial charge >= 0.3 is 0 Å². The normalized spacial score (nSPS) is 15.1. The number of rotatable bonds is 5. The summed E-state index contributed by atoms with van der Waals surface area (Å²) in [7, 11) is 0. The van der Waals surface area contributed by atoms with E-state index in [0.717, 1.165) is 25.9 Å². The predicted molar refractivity (Wildman–Crippen MR) is 92.3 cm³/mol. The number of likely N-dealkylation sites (tertiary alicyclic amines) is 1. The van der Waals surface area contributed by atoms with Crippen molar-refractivity contribution in [1.29, 1.82) is 0 Å². The van der Waals surface area contributed by atoms with E-state index in [0.29, 0.717) is 24.6 Å². The quantitative estimate of drug-likeness (QED) is 0.660. The van der Waals surface area contributed by atoms with Crippen LogP contribution in [0.25, 0.3) is 0 Å². The van der Waals surface area contributed by atoms with E-state index < -0.39 is 4.92 Å². The molecule has 0 unspecified atom stereocenters. The number of amides is 1. The molecule has 1 fully saturated rings. The molecule has 1 N–H and O–H groups in total. The van der Waals surface area contributed by atoms with Crippen LogP contribution >= 0.6 is 12.4 Å². The van der Waals surface area contributed by atoms with Crippen LogP contribution in [-0.4, -0.2) is 41.9 Å². The third-order valence-corrected chi connectivity index (χ3v) is 4.24. The second-order valence-electron chi connectivity index (χ2n) is 5.77. The molecule has 1 heterocycles. The average Bonchev–Trinajstić information content (AvgIpc) is 2.52. The molecule has 0 radical (unpaired) electrons. The second kappa shape index (κ2) is 8.84. The molecule has 1 aliphatic rings. The van der Waals surface area contributed by atoms with E-state index in [1.54, 1.807) is 30.0 Å². The smallest absolute Gasteiger partial charge is 0.285 e. The summed E-state index contributed by atoms with van der Waals surface area (Å²) in [6.45, 7) is 7.00. The van der Waals surface area contributed by atoms with Crippen molar-refractivity contribution < 1.29 is 9.72 Å². The Hall–Kier alpha value is -1.66. The van der Waals surface area contributed by atoms with Gasteiger partial charge in [-0.05, 0) is 44.8 Å². The summed E-state index contributed by atoms with van der Waals surface area (Å²) in [5, 5.41) is 14.6. The van der Waals surface area contributed by atoms with Crippen molar-refractivity contribution in [2.75, 3.05) is 26.2 Å². The molecule has 1 aromatic rings. The second-order valence-corrected chi connectivity index (χ2v) is 5.77. The van der Waals surface area contributed by atoms with Crippen LogP contribution in [0.5, 0.6) is 0 Å². The molecule has 1 aliphatic heterocycles. The van der Waals surface area contributed by atoms with Crippen molar-refractivity contribution in [1.82, 2.24) is 10.2 Å². The highest BCUT2D eigenvalue weighted by molar-refractivity contribution is 5.98.